The molecule has 0 radical (unpaired) electrons. The number of nitro groups is 1. The zero-order valence-electron chi connectivity index (χ0n) is 10.9. The van der Waals surface area contributed by atoms with Crippen LogP contribution in [0.2, 0.25) is 0 Å². The molecule has 7 heteroatoms. The summed E-state index contributed by atoms with van der Waals surface area (Å²) in [6.45, 7) is 4.46. The van der Waals surface area contributed by atoms with E-state index in [1.807, 2.05) is 0 Å². The van der Waals surface area contributed by atoms with Crippen molar-refractivity contribution >= 4 is 27.9 Å². The lowest BCUT2D eigenvalue weighted by molar-refractivity contribution is -0.389. The van der Waals surface area contributed by atoms with Gasteiger partial charge < -0.3 is 15.4 Å². The van der Waals surface area contributed by atoms with Gasteiger partial charge in [0, 0.05) is 11.4 Å². The summed E-state index contributed by atoms with van der Waals surface area (Å²) < 4.78 is 1.53. The van der Waals surface area contributed by atoms with E-state index in [4.69, 9.17) is 0 Å². The number of aromatic nitrogens is 2. The lowest BCUT2D eigenvalue weighted by Gasteiger charge is -2.17. The van der Waals surface area contributed by atoms with Crippen molar-refractivity contribution in [1.82, 2.24) is 9.38 Å². The Hall–Kier alpha value is -1.63. The van der Waals surface area contributed by atoms with Crippen LogP contribution in [0.1, 0.15) is 33.1 Å². The number of nitrogens with one attached hydrogen (secondary N) is 1. The van der Waals surface area contributed by atoms with Gasteiger partial charge in [-0.05, 0) is 29.6 Å². The molecule has 0 saturated heterocycles. The van der Waals surface area contributed by atoms with Gasteiger partial charge in [0.2, 0.25) is 5.82 Å². The van der Waals surface area contributed by atoms with Crippen LogP contribution in [-0.4, -0.2) is 20.3 Å². The van der Waals surface area contributed by atoms with Gasteiger partial charge in [-0.1, -0.05) is 25.2 Å². The first-order valence-electron chi connectivity index (χ1n) is 6.33. The highest BCUT2D eigenvalue weighted by Crippen LogP contribution is 2.39. The van der Waals surface area contributed by atoms with Gasteiger partial charge in [-0.25, -0.2) is 0 Å². The molecule has 1 saturated carbocycles. The molecule has 2 aromatic heterocycles. The van der Waals surface area contributed by atoms with Gasteiger partial charge in [0.15, 0.2) is 0 Å². The molecule has 1 aliphatic rings. The van der Waals surface area contributed by atoms with E-state index in [1.54, 1.807) is 11.6 Å². The third-order valence-electron chi connectivity index (χ3n) is 3.72. The molecule has 19 heavy (non-hydrogen) atoms. The Morgan fingerprint density at radius 1 is 1.63 bits per heavy atom. The van der Waals surface area contributed by atoms with Crippen LogP contribution in [0.3, 0.4) is 0 Å². The van der Waals surface area contributed by atoms with Crippen molar-refractivity contribution in [2.45, 2.75) is 39.2 Å². The van der Waals surface area contributed by atoms with Gasteiger partial charge in [0.25, 0.3) is 4.96 Å². The molecule has 2 aromatic rings. The summed E-state index contributed by atoms with van der Waals surface area (Å²) in [5.41, 5.74) is 0.309. The van der Waals surface area contributed by atoms with Crippen molar-refractivity contribution in [1.29, 1.82) is 0 Å². The molecular weight excluding hydrogens is 264 g/mol. The van der Waals surface area contributed by atoms with E-state index in [2.05, 4.69) is 24.1 Å². The van der Waals surface area contributed by atoms with E-state index >= 15 is 0 Å². The predicted octanol–water partition coefficient (Wildman–Crippen LogP) is 3.29. The molecule has 3 rings (SSSR count). The van der Waals surface area contributed by atoms with Crippen LogP contribution in [0.15, 0.2) is 11.6 Å². The van der Waals surface area contributed by atoms with Gasteiger partial charge in [0.1, 0.15) is 6.20 Å². The van der Waals surface area contributed by atoms with Crippen molar-refractivity contribution in [3.8, 4) is 0 Å². The predicted molar refractivity (Wildman–Crippen MR) is 74.8 cm³/mol. The maximum absolute atomic E-state index is 11.2. The Morgan fingerprint density at radius 3 is 3.05 bits per heavy atom. The molecule has 0 amide bonds. The van der Waals surface area contributed by atoms with E-state index in [-0.39, 0.29) is 16.8 Å². The van der Waals surface area contributed by atoms with Crippen molar-refractivity contribution in [3.05, 3.63) is 21.7 Å². The fourth-order valence-electron chi connectivity index (χ4n) is 2.80. The third kappa shape index (κ3) is 2.18. The highest BCUT2D eigenvalue weighted by atomic mass is 32.1. The molecule has 1 fully saturated rings. The van der Waals surface area contributed by atoms with Crippen LogP contribution < -0.4 is 5.32 Å². The van der Waals surface area contributed by atoms with Gasteiger partial charge in [-0.15, -0.1) is 0 Å². The summed E-state index contributed by atoms with van der Waals surface area (Å²) in [5.74, 6) is 0.445. The Kier molecular flexibility index (Phi) is 2.74. The Labute approximate surface area is 114 Å². The summed E-state index contributed by atoms with van der Waals surface area (Å²) in [7, 11) is 0. The Bertz CT molecular complexity index is 631. The minimum absolute atomic E-state index is 0.0426. The molecule has 2 heterocycles. The maximum Gasteiger partial charge on any atom is 0.372 e. The van der Waals surface area contributed by atoms with Crippen LogP contribution in [0.5, 0.6) is 0 Å². The standard InChI is InChI=1S/C12H16N4O2S/c1-12(2)4-3-8(7-12)13-9-10(16(17)18)15-5-6-19-11(15)14-9/h5-6,8,13H,3-4,7H2,1-2H3. The van der Waals surface area contributed by atoms with Gasteiger partial charge in [-0.2, -0.15) is 9.38 Å². The maximum atomic E-state index is 11.2. The highest BCUT2D eigenvalue weighted by Gasteiger charge is 2.33. The first kappa shape index (κ1) is 12.4. The van der Waals surface area contributed by atoms with Crippen LogP contribution in [0, 0.1) is 15.5 Å². The highest BCUT2D eigenvalue weighted by molar-refractivity contribution is 7.15. The van der Waals surface area contributed by atoms with Crippen molar-refractivity contribution < 1.29 is 4.92 Å². The number of thiazole rings is 1. The van der Waals surface area contributed by atoms with Crippen LogP contribution >= 0.6 is 11.3 Å². The van der Waals surface area contributed by atoms with Gasteiger partial charge in [-0.3, -0.25) is 0 Å². The normalized spacial score (nSPS) is 21.9. The average Bonchev–Trinajstić information content (AvgIpc) is 2.92. The topological polar surface area (TPSA) is 72.5 Å². The molecular formula is C12H16N4O2S. The van der Waals surface area contributed by atoms with Crippen LogP contribution in [0.25, 0.3) is 4.96 Å². The molecule has 0 aliphatic heterocycles. The van der Waals surface area contributed by atoms with Gasteiger partial charge >= 0.3 is 5.82 Å². The van der Waals surface area contributed by atoms with E-state index in [0.717, 1.165) is 19.3 Å². The fraction of sp³-hybridized carbons (Fsp3) is 0.583. The quantitative estimate of drug-likeness (QED) is 0.691. The number of hydrogen-bond donors (Lipinski definition) is 1. The summed E-state index contributed by atoms with van der Waals surface area (Å²) in [5, 5.41) is 16.3. The minimum atomic E-state index is -0.366. The molecule has 0 aromatic carbocycles. The number of anilines is 1. The zero-order chi connectivity index (χ0) is 13.6. The second-order valence-electron chi connectivity index (χ2n) is 5.84. The lowest BCUT2D eigenvalue weighted by Crippen LogP contribution is -2.18. The molecule has 0 spiro atoms. The van der Waals surface area contributed by atoms with Crippen LogP contribution in [0.4, 0.5) is 11.6 Å². The molecule has 1 atom stereocenters. The summed E-state index contributed by atoms with van der Waals surface area (Å²) >= 11 is 1.40. The van der Waals surface area contributed by atoms with Gasteiger partial charge in [0.05, 0.1) is 0 Å². The average molecular weight is 280 g/mol. The summed E-state index contributed by atoms with van der Waals surface area (Å²) in [4.78, 5) is 15.8. The number of hydrogen-bond acceptors (Lipinski definition) is 5. The van der Waals surface area contributed by atoms with Crippen molar-refractivity contribution in [2.75, 3.05) is 5.32 Å². The second kappa shape index (κ2) is 4.19. The zero-order valence-corrected chi connectivity index (χ0v) is 11.7. The van der Waals surface area contributed by atoms with E-state index in [1.165, 1.54) is 15.7 Å². The Balaban J connectivity index is 1.90. The molecule has 1 unspecified atom stereocenters. The Morgan fingerprint density at radius 2 is 2.42 bits per heavy atom. The lowest BCUT2D eigenvalue weighted by atomic mass is 9.92. The first-order valence-corrected chi connectivity index (χ1v) is 7.21. The minimum Gasteiger partial charge on any atom is -0.360 e. The molecule has 6 nitrogen and oxygen atoms in total. The molecule has 0 bridgehead atoms. The van der Waals surface area contributed by atoms with Crippen molar-refractivity contribution in [2.24, 2.45) is 5.41 Å². The van der Waals surface area contributed by atoms with E-state index in [9.17, 15) is 10.1 Å². The van der Waals surface area contributed by atoms with Crippen LogP contribution in [-0.2, 0) is 0 Å². The molecule has 1 aliphatic carbocycles. The third-order valence-corrected chi connectivity index (χ3v) is 4.48. The van der Waals surface area contributed by atoms with E-state index in [0.29, 0.717) is 16.2 Å². The largest absolute Gasteiger partial charge is 0.372 e. The van der Waals surface area contributed by atoms with Crippen molar-refractivity contribution in [3.63, 3.8) is 0 Å². The fourth-order valence-corrected chi connectivity index (χ4v) is 3.51. The number of fused-ring (bicyclic) bond motifs is 1. The SMILES string of the molecule is CC1(C)CCC(Nc2nc3sccn3c2[N+](=O)[O-])C1. The van der Waals surface area contributed by atoms with E-state index < -0.39 is 0 Å². The summed E-state index contributed by atoms with van der Waals surface area (Å²) in [6, 6.07) is 0.276. The second-order valence-corrected chi connectivity index (χ2v) is 6.72. The summed E-state index contributed by atoms with van der Waals surface area (Å²) in [6.07, 6.45) is 4.89. The first-order chi connectivity index (χ1) is 8.96. The number of nitrogens with zero attached hydrogens (tertiary/aromatic N) is 3. The number of rotatable bonds is 3. The molecule has 1 N–H and O–H groups in total. The monoisotopic (exact) mass is 280 g/mol. The number of imidazole rings is 1. The molecule has 102 valence electrons. The smallest absolute Gasteiger partial charge is 0.360 e.